The number of hydrogen-bond acceptors (Lipinski definition) is 3. The summed E-state index contributed by atoms with van der Waals surface area (Å²) < 4.78 is 11.4. The van der Waals surface area contributed by atoms with Crippen LogP contribution in [0.2, 0.25) is 0 Å². The van der Waals surface area contributed by atoms with Crippen molar-refractivity contribution in [1.29, 1.82) is 0 Å². The topological polar surface area (TPSA) is 43.4 Å². The van der Waals surface area contributed by atoms with Crippen LogP contribution in [0.3, 0.4) is 0 Å². The molecule has 0 unspecified atom stereocenters. The maximum Gasteiger partial charge on any atom is 0.344 e. The van der Waals surface area contributed by atoms with Crippen LogP contribution in [0.5, 0.6) is 0 Å². The monoisotopic (exact) mass is 264 g/mol. The highest BCUT2D eigenvalue weighted by Crippen LogP contribution is 2.34. The Morgan fingerprint density at radius 2 is 1.65 bits per heavy atom. The molecule has 3 heteroatoms. The molecule has 2 heterocycles. The third-order valence-electron chi connectivity index (χ3n) is 3.68. The molecule has 2 aromatic carbocycles. The Labute approximate surface area is 114 Å². The van der Waals surface area contributed by atoms with Crippen LogP contribution in [-0.4, -0.2) is 0 Å². The summed E-state index contributed by atoms with van der Waals surface area (Å²) in [5.74, 6) is 0. The van der Waals surface area contributed by atoms with Gasteiger partial charge in [-0.2, -0.15) is 0 Å². The molecule has 0 aliphatic carbocycles. The van der Waals surface area contributed by atoms with E-state index in [0.29, 0.717) is 16.6 Å². The molecule has 20 heavy (non-hydrogen) atoms. The van der Waals surface area contributed by atoms with Gasteiger partial charge in [0, 0.05) is 5.39 Å². The van der Waals surface area contributed by atoms with Gasteiger partial charge in [0.2, 0.25) is 0 Å². The molecule has 0 fully saturated rings. The van der Waals surface area contributed by atoms with Crippen LogP contribution in [0, 0.1) is 13.8 Å². The molecule has 3 nitrogen and oxygen atoms in total. The van der Waals surface area contributed by atoms with E-state index in [4.69, 9.17) is 8.83 Å². The van der Waals surface area contributed by atoms with Gasteiger partial charge in [0.15, 0.2) is 11.2 Å². The van der Waals surface area contributed by atoms with Gasteiger partial charge in [-0.15, -0.1) is 0 Å². The summed E-state index contributed by atoms with van der Waals surface area (Å²) in [6, 6.07) is 11.4. The first kappa shape index (κ1) is 11.3. The Balaban J connectivity index is 2.37. The standard InChI is InChI=1S/C17H12O3/c1-9-7-10(2)14-13(8-9)19-15-11-5-3-4-6-12(11)17(18)20-16(14)15/h3-8H,1-2H3. The lowest BCUT2D eigenvalue weighted by atomic mass is 10.1. The van der Waals surface area contributed by atoms with Crippen molar-refractivity contribution in [3.8, 4) is 0 Å². The van der Waals surface area contributed by atoms with Crippen LogP contribution in [-0.2, 0) is 0 Å². The molecule has 0 radical (unpaired) electrons. The zero-order chi connectivity index (χ0) is 13.9. The van der Waals surface area contributed by atoms with Crippen molar-refractivity contribution < 1.29 is 8.83 Å². The number of furan rings is 1. The quantitative estimate of drug-likeness (QED) is 0.475. The third kappa shape index (κ3) is 1.37. The minimum Gasteiger partial charge on any atom is -0.452 e. The fourth-order valence-electron chi connectivity index (χ4n) is 2.85. The van der Waals surface area contributed by atoms with Crippen LogP contribution in [0.15, 0.2) is 50.0 Å². The van der Waals surface area contributed by atoms with Crippen LogP contribution >= 0.6 is 0 Å². The predicted molar refractivity (Wildman–Crippen MR) is 79.2 cm³/mol. The van der Waals surface area contributed by atoms with Crippen molar-refractivity contribution in [2.75, 3.05) is 0 Å². The summed E-state index contributed by atoms with van der Waals surface area (Å²) in [6.45, 7) is 4.02. The van der Waals surface area contributed by atoms with Crippen LogP contribution in [0.4, 0.5) is 0 Å². The molecule has 4 aromatic rings. The third-order valence-corrected chi connectivity index (χ3v) is 3.68. The van der Waals surface area contributed by atoms with Gasteiger partial charge in [-0.3, -0.25) is 0 Å². The Bertz CT molecular complexity index is 1030. The van der Waals surface area contributed by atoms with Crippen molar-refractivity contribution in [2.45, 2.75) is 13.8 Å². The minimum atomic E-state index is -0.323. The molecule has 0 N–H and O–H groups in total. The van der Waals surface area contributed by atoms with E-state index in [1.54, 1.807) is 6.07 Å². The van der Waals surface area contributed by atoms with Gasteiger partial charge in [-0.1, -0.05) is 24.3 Å². The number of benzene rings is 2. The second-order valence-electron chi connectivity index (χ2n) is 5.15. The highest BCUT2D eigenvalue weighted by molar-refractivity contribution is 6.12. The molecule has 98 valence electrons. The van der Waals surface area contributed by atoms with E-state index in [9.17, 15) is 4.79 Å². The van der Waals surface area contributed by atoms with Crippen molar-refractivity contribution >= 4 is 32.9 Å². The second kappa shape index (κ2) is 3.73. The SMILES string of the molecule is Cc1cc(C)c2c(c1)oc1c3ccccc3c(=O)oc12. The van der Waals surface area contributed by atoms with Crippen LogP contribution < -0.4 is 5.63 Å². The van der Waals surface area contributed by atoms with E-state index in [0.717, 1.165) is 27.5 Å². The molecule has 0 bridgehead atoms. The highest BCUT2D eigenvalue weighted by Gasteiger charge is 2.16. The fraction of sp³-hybridized carbons (Fsp3) is 0.118. The molecule has 0 aliphatic heterocycles. The van der Waals surface area contributed by atoms with Crippen LogP contribution in [0.25, 0.3) is 32.9 Å². The molecule has 0 atom stereocenters. The minimum absolute atomic E-state index is 0.323. The lowest BCUT2D eigenvalue weighted by molar-refractivity contribution is 0.564. The van der Waals surface area contributed by atoms with Crippen molar-refractivity contribution in [1.82, 2.24) is 0 Å². The van der Waals surface area contributed by atoms with Gasteiger partial charge < -0.3 is 8.83 Å². The zero-order valence-corrected chi connectivity index (χ0v) is 11.2. The summed E-state index contributed by atoms with van der Waals surface area (Å²) in [6.07, 6.45) is 0. The predicted octanol–water partition coefficient (Wildman–Crippen LogP) is 4.31. The maximum absolute atomic E-state index is 12.1. The van der Waals surface area contributed by atoms with E-state index in [-0.39, 0.29) is 5.63 Å². The Kier molecular flexibility index (Phi) is 2.11. The van der Waals surface area contributed by atoms with Gasteiger partial charge >= 0.3 is 5.63 Å². The molecule has 0 aliphatic rings. The Hall–Kier alpha value is -2.55. The van der Waals surface area contributed by atoms with E-state index in [1.165, 1.54) is 0 Å². The molecule has 0 amide bonds. The second-order valence-corrected chi connectivity index (χ2v) is 5.15. The summed E-state index contributed by atoms with van der Waals surface area (Å²) in [5.41, 5.74) is 3.80. The van der Waals surface area contributed by atoms with Crippen molar-refractivity contribution in [3.63, 3.8) is 0 Å². The molecular formula is C17H12O3. The number of fused-ring (bicyclic) bond motifs is 5. The van der Waals surface area contributed by atoms with E-state index in [2.05, 4.69) is 6.07 Å². The van der Waals surface area contributed by atoms with Gasteiger partial charge in [0.1, 0.15) is 5.58 Å². The summed E-state index contributed by atoms with van der Waals surface area (Å²) in [7, 11) is 0. The first-order chi connectivity index (χ1) is 9.65. The van der Waals surface area contributed by atoms with E-state index < -0.39 is 0 Å². The summed E-state index contributed by atoms with van der Waals surface area (Å²) in [4.78, 5) is 12.1. The lowest BCUT2D eigenvalue weighted by Crippen LogP contribution is -1.98. The Morgan fingerprint density at radius 1 is 0.900 bits per heavy atom. The molecule has 0 spiro atoms. The van der Waals surface area contributed by atoms with Gasteiger partial charge in [-0.25, -0.2) is 4.79 Å². The number of rotatable bonds is 0. The number of hydrogen-bond donors (Lipinski definition) is 0. The van der Waals surface area contributed by atoms with Crippen molar-refractivity contribution in [2.24, 2.45) is 0 Å². The largest absolute Gasteiger partial charge is 0.452 e. The van der Waals surface area contributed by atoms with Gasteiger partial charge in [-0.05, 0) is 37.1 Å². The molecule has 4 rings (SSSR count). The smallest absolute Gasteiger partial charge is 0.344 e. The first-order valence-electron chi connectivity index (χ1n) is 6.50. The highest BCUT2D eigenvalue weighted by atomic mass is 16.4. The lowest BCUT2D eigenvalue weighted by Gasteiger charge is -1.98. The van der Waals surface area contributed by atoms with Gasteiger partial charge in [0.25, 0.3) is 0 Å². The average Bonchev–Trinajstić information content (AvgIpc) is 2.77. The molecular weight excluding hydrogens is 252 g/mol. The normalized spacial score (nSPS) is 11.7. The average molecular weight is 264 g/mol. The van der Waals surface area contributed by atoms with Crippen molar-refractivity contribution in [3.05, 3.63) is 57.9 Å². The zero-order valence-electron chi connectivity index (χ0n) is 11.2. The fourth-order valence-corrected chi connectivity index (χ4v) is 2.85. The van der Waals surface area contributed by atoms with Crippen LogP contribution in [0.1, 0.15) is 11.1 Å². The first-order valence-corrected chi connectivity index (χ1v) is 6.50. The van der Waals surface area contributed by atoms with E-state index in [1.807, 2.05) is 38.1 Å². The Morgan fingerprint density at radius 3 is 2.45 bits per heavy atom. The van der Waals surface area contributed by atoms with E-state index >= 15 is 0 Å². The van der Waals surface area contributed by atoms with Gasteiger partial charge in [0.05, 0.1) is 10.8 Å². The molecule has 2 aromatic heterocycles. The number of aryl methyl sites for hydroxylation is 2. The summed E-state index contributed by atoms with van der Waals surface area (Å²) in [5, 5.41) is 2.23. The maximum atomic E-state index is 12.1. The summed E-state index contributed by atoms with van der Waals surface area (Å²) >= 11 is 0. The molecule has 0 saturated heterocycles. The molecule has 0 saturated carbocycles.